The number of fused-ring (bicyclic) bond motifs is 2. The van der Waals surface area contributed by atoms with Crippen LogP contribution in [0, 0.1) is 5.82 Å². The van der Waals surface area contributed by atoms with Crippen LogP contribution in [0.2, 0.25) is 0 Å². The van der Waals surface area contributed by atoms with Crippen LogP contribution in [-0.4, -0.2) is 28.3 Å². The van der Waals surface area contributed by atoms with Gasteiger partial charge in [-0.05, 0) is 49.4 Å². The van der Waals surface area contributed by atoms with Gasteiger partial charge in [-0.3, -0.25) is 4.79 Å². The van der Waals surface area contributed by atoms with Crippen molar-refractivity contribution in [1.29, 1.82) is 0 Å². The summed E-state index contributed by atoms with van der Waals surface area (Å²) in [5, 5.41) is 7.63. The maximum absolute atomic E-state index is 13.6. The van der Waals surface area contributed by atoms with Crippen LogP contribution in [0.4, 0.5) is 15.9 Å². The van der Waals surface area contributed by atoms with E-state index in [1.165, 1.54) is 16.8 Å². The van der Waals surface area contributed by atoms with E-state index in [0.717, 1.165) is 29.8 Å². The van der Waals surface area contributed by atoms with Crippen molar-refractivity contribution in [1.82, 2.24) is 9.78 Å². The average molecular weight is 329 g/mol. The molecule has 2 heterocycles. The Hall–Kier alpha value is -2.41. The summed E-state index contributed by atoms with van der Waals surface area (Å²) in [6.07, 6.45) is 2.81. The first-order valence-corrected chi connectivity index (χ1v) is 8.24. The van der Waals surface area contributed by atoms with Crippen LogP contribution in [0.1, 0.15) is 40.4 Å². The van der Waals surface area contributed by atoms with Gasteiger partial charge in [0.1, 0.15) is 11.6 Å². The summed E-state index contributed by atoms with van der Waals surface area (Å²) in [4.78, 5) is 13.0. The van der Waals surface area contributed by atoms with Crippen LogP contribution in [0.3, 0.4) is 0 Å². The summed E-state index contributed by atoms with van der Waals surface area (Å²) >= 11 is 0. The van der Waals surface area contributed by atoms with Gasteiger partial charge in [0.05, 0.1) is 11.6 Å². The lowest BCUT2D eigenvalue weighted by molar-refractivity contribution is 0.0859. The van der Waals surface area contributed by atoms with Gasteiger partial charge in [-0.2, -0.15) is 9.78 Å². The molecule has 0 saturated carbocycles. The molecule has 0 bridgehead atoms. The summed E-state index contributed by atoms with van der Waals surface area (Å²) in [6.45, 7) is 0.654. The first-order valence-electron chi connectivity index (χ1n) is 8.24. The Morgan fingerprint density at radius 2 is 2.21 bits per heavy atom. The second-order valence-corrected chi connectivity index (χ2v) is 6.56. The highest BCUT2D eigenvalue weighted by Gasteiger charge is 2.32. The molecule has 6 nitrogen and oxygen atoms in total. The number of carbonyl (C=O) groups excluding carboxylic acids is 1. The molecule has 0 spiro atoms. The fourth-order valence-electron chi connectivity index (χ4n) is 3.68. The molecule has 7 heteroatoms. The van der Waals surface area contributed by atoms with Crippen LogP contribution < -0.4 is 16.8 Å². The Morgan fingerprint density at radius 3 is 3.04 bits per heavy atom. The molecule has 0 saturated heterocycles. The summed E-state index contributed by atoms with van der Waals surface area (Å²) in [7, 11) is 0. The van der Waals surface area contributed by atoms with E-state index in [2.05, 4.69) is 10.4 Å². The number of hydrogen-bond acceptors (Lipinski definition) is 5. The lowest BCUT2D eigenvalue weighted by Crippen LogP contribution is -2.28. The highest BCUT2D eigenvalue weighted by Crippen LogP contribution is 2.35. The molecule has 1 aliphatic carbocycles. The minimum absolute atomic E-state index is 0.0567. The number of aryl methyl sites for hydroxylation is 1. The molecule has 0 amide bonds. The number of nitrogens with one attached hydrogen (secondary N) is 1. The van der Waals surface area contributed by atoms with Gasteiger partial charge in [-0.15, -0.1) is 0 Å². The summed E-state index contributed by atoms with van der Waals surface area (Å²) < 4.78 is 14.9. The van der Waals surface area contributed by atoms with Gasteiger partial charge in [0, 0.05) is 23.8 Å². The summed E-state index contributed by atoms with van der Waals surface area (Å²) in [6, 6.07) is 4.53. The van der Waals surface area contributed by atoms with Gasteiger partial charge >= 0.3 is 0 Å². The fraction of sp³-hybridized carbons (Fsp3) is 0.412. The first kappa shape index (κ1) is 15.1. The monoisotopic (exact) mass is 329 g/mol. The van der Waals surface area contributed by atoms with E-state index in [1.807, 2.05) is 0 Å². The van der Waals surface area contributed by atoms with Crippen LogP contribution in [0.15, 0.2) is 18.2 Å². The SMILES string of the molecule is Nc1c2c(nn1C(=O)C1CCNc3ccc(F)cc31)CC[C@H](N)C2. The number of carbonyl (C=O) groups is 1. The summed E-state index contributed by atoms with van der Waals surface area (Å²) in [5.74, 6) is -0.631. The van der Waals surface area contributed by atoms with Crippen LogP contribution in [-0.2, 0) is 12.8 Å². The Labute approximate surface area is 139 Å². The number of benzene rings is 1. The number of rotatable bonds is 1. The maximum Gasteiger partial charge on any atom is 0.256 e. The average Bonchev–Trinajstić information content (AvgIpc) is 2.90. The van der Waals surface area contributed by atoms with Crippen molar-refractivity contribution in [2.75, 3.05) is 17.6 Å². The van der Waals surface area contributed by atoms with Crippen molar-refractivity contribution in [2.45, 2.75) is 37.6 Å². The molecule has 126 valence electrons. The van der Waals surface area contributed by atoms with Gasteiger partial charge in [0.25, 0.3) is 5.91 Å². The van der Waals surface area contributed by atoms with Gasteiger partial charge in [-0.25, -0.2) is 4.39 Å². The molecule has 1 aromatic carbocycles. The Balaban J connectivity index is 1.72. The van der Waals surface area contributed by atoms with Crippen molar-refractivity contribution in [3.05, 3.63) is 40.8 Å². The predicted molar refractivity (Wildman–Crippen MR) is 89.5 cm³/mol. The van der Waals surface area contributed by atoms with E-state index in [9.17, 15) is 9.18 Å². The minimum atomic E-state index is -0.450. The zero-order valence-corrected chi connectivity index (χ0v) is 13.3. The number of nitrogens with two attached hydrogens (primary N) is 2. The Kier molecular flexibility index (Phi) is 3.53. The minimum Gasteiger partial charge on any atom is -0.385 e. The number of anilines is 2. The van der Waals surface area contributed by atoms with Crippen molar-refractivity contribution in [2.24, 2.45) is 5.73 Å². The maximum atomic E-state index is 13.6. The van der Waals surface area contributed by atoms with Crippen molar-refractivity contribution < 1.29 is 9.18 Å². The third-order valence-electron chi connectivity index (χ3n) is 4.97. The number of aromatic nitrogens is 2. The van der Waals surface area contributed by atoms with E-state index in [0.29, 0.717) is 30.8 Å². The first-order chi connectivity index (χ1) is 11.5. The van der Waals surface area contributed by atoms with E-state index in [1.54, 1.807) is 6.07 Å². The smallest absolute Gasteiger partial charge is 0.256 e. The third-order valence-corrected chi connectivity index (χ3v) is 4.97. The van der Waals surface area contributed by atoms with Gasteiger partial charge in [-0.1, -0.05) is 0 Å². The topological polar surface area (TPSA) is 99.0 Å². The molecule has 5 N–H and O–H groups in total. The molecule has 1 aromatic heterocycles. The van der Waals surface area contributed by atoms with E-state index < -0.39 is 5.92 Å². The second kappa shape index (κ2) is 5.59. The van der Waals surface area contributed by atoms with Crippen molar-refractivity contribution >= 4 is 17.4 Å². The van der Waals surface area contributed by atoms with E-state index in [4.69, 9.17) is 11.5 Å². The molecule has 2 aliphatic rings. The van der Waals surface area contributed by atoms with Gasteiger partial charge < -0.3 is 16.8 Å². The molecule has 1 unspecified atom stereocenters. The van der Waals surface area contributed by atoms with Crippen molar-refractivity contribution in [3.8, 4) is 0 Å². The highest BCUT2D eigenvalue weighted by molar-refractivity contribution is 5.90. The quantitative estimate of drug-likeness (QED) is 0.739. The van der Waals surface area contributed by atoms with Crippen LogP contribution >= 0.6 is 0 Å². The second-order valence-electron chi connectivity index (χ2n) is 6.56. The molecule has 4 rings (SSSR count). The van der Waals surface area contributed by atoms with Gasteiger partial charge in [0.15, 0.2) is 0 Å². The van der Waals surface area contributed by atoms with Crippen LogP contribution in [0.5, 0.6) is 0 Å². The Morgan fingerprint density at radius 1 is 1.38 bits per heavy atom. The highest BCUT2D eigenvalue weighted by atomic mass is 19.1. The van der Waals surface area contributed by atoms with Crippen molar-refractivity contribution in [3.63, 3.8) is 0 Å². The zero-order chi connectivity index (χ0) is 16.8. The lowest BCUT2D eigenvalue weighted by Gasteiger charge is -2.25. The molecular weight excluding hydrogens is 309 g/mol. The molecule has 24 heavy (non-hydrogen) atoms. The molecular formula is C17H20FN5O. The number of halogens is 1. The van der Waals surface area contributed by atoms with Crippen LogP contribution in [0.25, 0.3) is 0 Å². The fourth-order valence-corrected chi connectivity index (χ4v) is 3.68. The number of hydrogen-bond donors (Lipinski definition) is 3. The molecule has 1 aliphatic heterocycles. The largest absolute Gasteiger partial charge is 0.385 e. The predicted octanol–water partition coefficient (Wildman–Crippen LogP) is 1.66. The standard InChI is InChI=1S/C17H20FN5O/c18-9-1-3-14-12(7-9)11(5-6-21-14)17(24)23-16(20)13-8-10(19)2-4-15(13)22-23/h1,3,7,10-11,21H,2,4-6,8,19-20H2/t10-,11?/m0/s1. The number of nitrogen functional groups attached to an aromatic ring is 1. The summed E-state index contributed by atoms with van der Waals surface area (Å²) in [5.41, 5.74) is 15.4. The Bertz CT molecular complexity index is 816. The number of nitrogens with zero attached hydrogens (tertiary/aromatic N) is 2. The molecule has 2 atom stereocenters. The van der Waals surface area contributed by atoms with E-state index in [-0.39, 0.29) is 17.8 Å². The normalized spacial score (nSPS) is 22.4. The lowest BCUT2D eigenvalue weighted by atomic mass is 9.90. The molecule has 0 radical (unpaired) electrons. The molecule has 0 fully saturated rings. The molecule has 2 aromatic rings. The van der Waals surface area contributed by atoms with Gasteiger partial charge in [0.2, 0.25) is 0 Å². The van der Waals surface area contributed by atoms with E-state index >= 15 is 0 Å². The zero-order valence-electron chi connectivity index (χ0n) is 13.3. The third kappa shape index (κ3) is 2.36.